The van der Waals surface area contributed by atoms with Crippen molar-refractivity contribution in [3.8, 4) is 0 Å². The van der Waals surface area contributed by atoms with Crippen molar-refractivity contribution < 1.29 is 8.78 Å². The van der Waals surface area contributed by atoms with E-state index in [-0.39, 0.29) is 6.42 Å². The summed E-state index contributed by atoms with van der Waals surface area (Å²) < 4.78 is 24.7. The molecule has 72 valence electrons. The Kier molecular flexibility index (Phi) is 2.93. The quantitative estimate of drug-likeness (QED) is 0.778. The van der Waals surface area contributed by atoms with Crippen molar-refractivity contribution in [2.45, 2.75) is 25.3 Å². The second-order valence-electron chi connectivity index (χ2n) is 3.34. The zero-order chi connectivity index (χ0) is 9.90. The monoisotopic (exact) mass is 186 g/mol. The summed E-state index contributed by atoms with van der Waals surface area (Å²) >= 11 is 0. The van der Waals surface area contributed by atoms with Crippen LogP contribution in [-0.4, -0.2) is 16.9 Å². The van der Waals surface area contributed by atoms with Gasteiger partial charge in [0.1, 0.15) is 0 Å². The van der Waals surface area contributed by atoms with Gasteiger partial charge in [0, 0.05) is 12.4 Å². The number of aromatic nitrogens is 1. The molecule has 0 aliphatic carbocycles. The third kappa shape index (κ3) is 2.73. The molecule has 1 unspecified atom stereocenters. The fraction of sp³-hybridized carbons (Fsp3) is 0.444. The second-order valence-corrected chi connectivity index (χ2v) is 3.34. The summed E-state index contributed by atoms with van der Waals surface area (Å²) in [5.41, 5.74) is 4.67. The number of rotatable bonds is 3. The molecular weight excluding hydrogens is 174 g/mol. The molecule has 0 bridgehead atoms. The summed E-state index contributed by atoms with van der Waals surface area (Å²) in [4.78, 5) is 3.83. The van der Waals surface area contributed by atoms with E-state index in [1.54, 1.807) is 24.5 Å². The Morgan fingerprint density at radius 1 is 1.62 bits per heavy atom. The molecule has 0 aliphatic rings. The Bertz CT molecular complexity index is 260. The van der Waals surface area contributed by atoms with Crippen LogP contribution in [0, 0.1) is 0 Å². The number of alkyl halides is 2. The Labute approximate surface area is 75.8 Å². The Balaban J connectivity index is 2.69. The van der Waals surface area contributed by atoms with Crippen molar-refractivity contribution in [1.82, 2.24) is 4.98 Å². The lowest BCUT2D eigenvalue weighted by Gasteiger charge is -2.23. The van der Waals surface area contributed by atoms with Crippen molar-refractivity contribution in [3.05, 3.63) is 30.1 Å². The van der Waals surface area contributed by atoms with Crippen molar-refractivity contribution in [3.63, 3.8) is 0 Å². The van der Waals surface area contributed by atoms with Gasteiger partial charge in [-0.1, -0.05) is 6.07 Å². The molecule has 0 saturated carbocycles. The molecule has 0 spiro atoms. The van der Waals surface area contributed by atoms with Crippen LogP contribution in [0.25, 0.3) is 0 Å². The van der Waals surface area contributed by atoms with Crippen molar-refractivity contribution in [1.29, 1.82) is 0 Å². The number of nitrogens with zero attached hydrogens (tertiary/aromatic N) is 1. The molecule has 2 nitrogen and oxygen atoms in total. The highest BCUT2D eigenvalue weighted by atomic mass is 19.3. The molecule has 2 N–H and O–H groups in total. The summed E-state index contributed by atoms with van der Waals surface area (Å²) in [5.74, 6) is 0. The van der Waals surface area contributed by atoms with Gasteiger partial charge in [-0.05, 0) is 25.0 Å². The predicted octanol–water partition coefficient (Wildman–Crippen LogP) is 1.61. The summed E-state index contributed by atoms with van der Waals surface area (Å²) in [6.45, 7) is 1.34. The summed E-state index contributed by atoms with van der Waals surface area (Å²) in [5, 5.41) is 0. The maximum absolute atomic E-state index is 12.4. The normalized spacial score (nSPS) is 15.8. The van der Waals surface area contributed by atoms with E-state index in [9.17, 15) is 8.78 Å². The molecule has 1 rings (SSSR count). The third-order valence-electron chi connectivity index (χ3n) is 1.81. The first-order valence-electron chi connectivity index (χ1n) is 3.98. The van der Waals surface area contributed by atoms with Crippen LogP contribution in [0.1, 0.15) is 12.5 Å². The molecule has 0 aliphatic heterocycles. The van der Waals surface area contributed by atoms with E-state index in [4.69, 9.17) is 5.73 Å². The third-order valence-corrected chi connectivity index (χ3v) is 1.81. The van der Waals surface area contributed by atoms with Crippen LogP contribution in [0.15, 0.2) is 24.5 Å². The molecule has 13 heavy (non-hydrogen) atoms. The minimum Gasteiger partial charge on any atom is -0.320 e. The van der Waals surface area contributed by atoms with Crippen LogP contribution in [0.3, 0.4) is 0 Å². The molecular formula is C9H12F2N2. The van der Waals surface area contributed by atoms with Crippen LogP contribution in [0.2, 0.25) is 0 Å². The Morgan fingerprint density at radius 3 is 2.77 bits per heavy atom. The second kappa shape index (κ2) is 3.79. The van der Waals surface area contributed by atoms with E-state index < -0.39 is 12.0 Å². The average Bonchev–Trinajstić information content (AvgIpc) is 2.05. The lowest BCUT2D eigenvalue weighted by atomic mass is 9.95. The van der Waals surface area contributed by atoms with Gasteiger partial charge >= 0.3 is 0 Å². The Morgan fingerprint density at radius 2 is 2.31 bits per heavy atom. The summed E-state index contributed by atoms with van der Waals surface area (Å²) in [6, 6.07) is 3.44. The van der Waals surface area contributed by atoms with Gasteiger partial charge in [0.25, 0.3) is 6.43 Å². The topological polar surface area (TPSA) is 38.9 Å². The number of pyridine rings is 1. The van der Waals surface area contributed by atoms with E-state index in [1.165, 1.54) is 6.92 Å². The van der Waals surface area contributed by atoms with E-state index >= 15 is 0 Å². The number of nitrogens with two attached hydrogens (primary N) is 1. The van der Waals surface area contributed by atoms with Gasteiger partial charge in [0.05, 0.1) is 5.54 Å². The van der Waals surface area contributed by atoms with Gasteiger partial charge in [-0.15, -0.1) is 0 Å². The molecule has 1 heterocycles. The van der Waals surface area contributed by atoms with Gasteiger partial charge < -0.3 is 5.73 Å². The van der Waals surface area contributed by atoms with Crippen LogP contribution in [0.5, 0.6) is 0 Å². The van der Waals surface area contributed by atoms with Gasteiger partial charge in [-0.25, -0.2) is 8.78 Å². The average molecular weight is 186 g/mol. The lowest BCUT2D eigenvalue weighted by Crippen LogP contribution is -2.45. The number of halogens is 2. The molecule has 0 amide bonds. The molecule has 1 atom stereocenters. The number of hydrogen-bond acceptors (Lipinski definition) is 2. The van der Waals surface area contributed by atoms with Crippen molar-refractivity contribution in [2.24, 2.45) is 5.73 Å². The maximum atomic E-state index is 12.4. The standard InChI is InChI=1S/C9H12F2N2/c1-9(12,8(10)11)5-7-3-2-4-13-6-7/h2-4,6,8H,5,12H2,1H3. The van der Waals surface area contributed by atoms with Crippen LogP contribution in [0.4, 0.5) is 8.78 Å². The van der Waals surface area contributed by atoms with Crippen LogP contribution in [-0.2, 0) is 6.42 Å². The van der Waals surface area contributed by atoms with Crippen LogP contribution >= 0.6 is 0 Å². The molecule has 0 aromatic carbocycles. The highest BCUT2D eigenvalue weighted by Crippen LogP contribution is 2.17. The number of hydrogen-bond donors (Lipinski definition) is 1. The smallest absolute Gasteiger partial charge is 0.256 e. The first-order valence-corrected chi connectivity index (χ1v) is 3.98. The van der Waals surface area contributed by atoms with E-state index in [2.05, 4.69) is 4.98 Å². The molecule has 1 aromatic rings. The molecule has 0 fully saturated rings. The van der Waals surface area contributed by atoms with Gasteiger partial charge in [0.2, 0.25) is 0 Å². The molecule has 0 saturated heterocycles. The zero-order valence-electron chi connectivity index (χ0n) is 7.37. The van der Waals surface area contributed by atoms with Gasteiger partial charge in [-0.2, -0.15) is 0 Å². The minimum absolute atomic E-state index is 0.137. The fourth-order valence-corrected chi connectivity index (χ4v) is 1.02. The maximum Gasteiger partial charge on any atom is 0.256 e. The molecule has 0 radical (unpaired) electrons. The minimum atomic E-state index is -2.52. The first-order chi connectivity index (χ1) is 6.02. The van der Waals surface area contributed by atoms with E-state index in [0.29, 0.717) is 0 Å². The highest BCUT2D eigenvalue weighted by Gasteiger charge is 2.30. The van der Waals surface area contributed by atoms with Crippen molar-refractivity contribution in [2.75, 3.05) is 0 Å². The highest BCUT2D eigenvalue weighted by molar-refractivity contribution is 5.12. The largest absolute Gasteiger partial charge is 0.320 e. The van der Waals surface area contributed by atoms with E-state index in [1.807, 2.05) is 0 Å². The summed E-state index contributed by atoms with van der Waals surface area (Å²) in [6.07, 6.45) is 0.763. The molecule has 4 heteroatoms. The predicted molar refractivity (Wildman–Crippen MR) is 46.5 cm³/mol. The SMILES string of the molecule is CC(N)(Cc1cccnc1)C(F)F. The van der Waals surface area contributed by atoms with Crippen molar-refractivity contribution >= 4 is 0 Å². The first kappa shape index (κ1) is 10.1. The zero-order valence-corrected chi connectivity index (χ0v) is 7.37. The summed E-state index contributed by atoms with van der Waals surface area (Å²) in [7, 11) is 0. The lowest BCUT2D eigenvalue weighted by molar-refractivity contribution is 0.0639. The molecule has 1 aromatic heterocycles. The van der Waals surface area contributed by atoms with Gasteiger partial charge in [0.15, 0.2) is 0 Å². The van der Waals surface area contributed by atoms with Gasteiger partial charge in [-0.3, -0.25) is 4.98 Å². The fourth-order valence-electron chi connectivity index (χ4n) is 1.02. The van der Waals surface area contributed by atoms with Crippen LogP contribution < -0.4 is 5.73 Å². The van der Waals surface area contributed by atoms with E-state index in [0.717, 1.165) is 5.56 Å². The Hall–Kier alpha value is -1.03.